The number of carbonyl (C=O) groups is 2. The van der Waals surface area contributed by atoms with Gasteiger partial charge in [-0.25, -0.2) is 9.78 Å². The minimum Gasteiger partial charge on any atom is -0.477 e. The summed E-state index contributed by atoms with van der Waals surface area (Å²) in [6, 6.07) is 3.06. The minimum absolute atomic E-state index is 0.00590. The van der Waals surface area contributed by atoms with Crippen molar-refractivity contribution >= 4 is 11.9 Å². The van der Waals surface area contributed by atoms with Gasteiger partial charge in [0.2, 0.25) is 5.91 Å². The lowest BCUT2D eigenvalue weighted by Crippen LogP contribution is -2.33. The third-order valence-corrected chi connectivity index (χ3v) is 2.47. The lowest BCUT2D eigenvalue weighted by molar-refractivity contribution is -0.124. The molecule has 0 saturated heterocycles. The van der Waals surface area contributed by atoms with Crippen molar-refractivity contribution in [1.29, 1.82) is 0 Å². The highest BCUT2D eigenvalue weighted by Crippen LogP contribution is 2.01. The lowest BCUT2D eigenvalue weighted by Gasteiger charge is -2.11. The molecule has 0 radical (unpaired) electrons. The Balaban J connectivity index is 2.48. The average molecular weight is 251 g/mol. The lowest BCUT2D eigenvalue weighted by atomic mass is 10.1. The number of nitrogens with zero attached hydrogens (tertiary/aromatic N) is 1. The van der Waals surface area contributed by atoms with Crippen LogP contribution < -0.4 is 10.6 Å². The highest BCUT2D eigenvalue weighted by Gasteiger charge is 2.11. The Bertz CT molecular complexity index is 417. The summed E-state index contributed by atoms with van der Waals surface area (Å²) in [6.07, 6.45) is 1.45. The molecule has 6 heteroatoms. The van der Waals surface area contributed by atoms with E-state index in [4.69, 9.17) is 5.11 Å². The maximum absolute atomic E-state index is 11.6. The number of aromatic nitrogens is 1. The van der Waals surface area contributed by atoms with Crippen molar-refractivity contribution in [2.24, 2.45) is 5.92 Å². The van der Waals surface area contributed by atoms with Crippen LogP contribution in [0.5, 0.6) is 0 Å². The second-order valence-electron chi connectivity index (χ2n) is 4.03. The van der Waals surface area contributed by atoms with Gasteiger partial charge in [-0.15, -0.1) is 0 Å². The molecule has 0 bridgehead atoms. The zero-order valence-electron chi connectivity index (χ0n) is 10.4. The summed E-state index contributed by atoms with van der Waals surface area (Å²) in [5.74, 6) is -1.22. The van der Waals surface area contributed by atoms with Gasteiger partial charge >= 0.3 is 5.97 Å². The maximum Gasteiger partial charge on any atom is 0.354 e. The first-order valence-electron chi connectivity index (χ1n) is 5.65. The zero-order chi connectivity index (χ0) is 13.5. The van der Waals surface area contributed by atoms with E-state index in [1.54, 1.807) is 13.1 Å². The van der Waals surface area contributed by atoms with Crippen molar-refractivity contribution in [1.82, 2.24) is 15.6 Å². The zero-order valence-corrected chi connectivity index (χ0v) is 10.4. The molecule has 0 spiro atoms. The molecule has 0 fully saturated rings. The van der Waals surface area contributed by atoms with Crippen LogP contribution in [-0.4, -0.2) is 35.6 Å². The summed E-state index contributed by atoms with van der Waals surface area (Å²) in [6.45, 7) is 2.79. The van der Waals surface area contributed by atoms with Gasteiger partial charge in [0.25, 0.3) is 0 Å². The van der Waals surface area contributed by atoms with Gasteiger partial charge in [0.05, 0.1) is 0 Å². The van der Waals surface area contributed by atoms with Crippen molar-refractivity contribution in [3.05, 3.63) is 29.6 Å². The number of carbonyl (C=O) groups excluding carboxylic acids is 1. The SMILES string of the molecule is CNCC(C)C(=O)NCc1ccc(C(=O)O)nc1. The van der Waals surface area contributed by atoms with E-state index in [1.165, 1.54) is 12.3 Å². The van der Waals surface area contributed by atoms with Crippen LogP contribution in [0.25, 0.3) is 0 Å². The standard InChI is InChI=1S/C12H17N3O3/c1-8(5-13-2)11(16)15-7-9-3-4-10(12(17)18)14-6-9/h3-4,6,8,13H,5,7H2,1-2H3,(H,15,16)(H,17,18). The Kier molecular flexibility index (Phi) is 5.26. The Hall–Kier alpha value is -1.95. The molecule has 0 aliphatic carbocycles. The Morgan fingerprint density at radius 1 is 1.44 bits per heavy atom. The molecular weight excluding hydrogens is 234 g/mol. The van der Waals surface area contributed by atoms with Gasteiger partial charge in [-0.2, -0.15) is 0 Å². The van der Waals surface area contributed by atoms with Gasteiger partial charge in [-0.1, -0.05) is 13.0 Å². The quantitative estimate of drug-likeness (QED) is 0.674. The van der Waals surface area contributed by atoms with Crippen LogP contribution in [0.1, 0.15) is 23.0 Å². The first-order chi connectivity index (χ1) is 8.54. The fourth-order valence-corrected chi connectivity index (χ4v) is 1.42. The monoisotopic (exact) mass is 251 g/mol. The fourth-order valence-electron chi connectivity index (χ4n) is 1.42. The molecular formula is C12H17N3O3. The second-order valence-corrected chi connectivity index (χ2v) is 4.03. The normalized spacial score (nSPS) is 11.9. The van der Waals surface area contributed by atoms with Gasteiger partial charge in [0.1, 0.15) is 5.69 Å². The number of amides is 1. The smallest absolute Gasteiger partial charge is 0.354 e. The molecule has 1 atom stereocenters. The first kappa shape index (κ1) is 14.1. The molecule has 1 amide bonds. The van der Waals surface area contributed by atoms with E-state index in [9.17, 15) is 9.59 Å². The van der Waals surface area contributed by atoms with E-state index in [1.807, 2.05) is 6.92 Å². The summed E-state index contributed by atoms with van der Waals surface area (Å²) in [5.41, 5.74) is 0.763. The predicted octanol–water partition coefficient (Wildman–Crippen LogP) is 0.251. The molecule has 0 aliphatic heterocycles. The number of hydrogen-bond acceptors (Lipinski definition) is 4. The molecule has 1 heterocycles. The summed E-state index contributed by atoms with van der Waals surface area (Å²) in [4.78, 5) is 26.0. The average Bonchev–Trinajstić information content (AvgIpc) is 2.36. The van der Waals surface area contributed by atoms with Crippen LogP contribution in [0.2, 0.25) is 0 Å². The molecule has 0 saturated carbocycles. The molecule has 1 rings (SSSR count). The molecule has 1 unspecified atom stereocenters. The van der Waals surface area contributed by atoms with Crippen LogP contribution in [0.4, 0.5) is 0 Å². The number of hydrogen-bond donors (Lipinski definition) is 3. The van der Waals surface area contributed by atoms with Gasteiger partial charge < -0.3 is 15.7 Å². The topological polar surface area (TPSA) is 91.3 Å². The molecule has 18 heavy (non-hydrogen) atoms. The van der Waals surface area contributed by atoms with E-state index in [0.29, 0.717) is 13.1 Å². The van der Waals surface area contributed by atoms with Crippen molar-refractivity contribution in [2.75, 3.05) is 13.6 Å². The van der Waals surface area contributed by atoms with Crippen LogP contribution >= 0.6 is 0 Å². The maximum atomic E-state index is 11.6. The summed E-state index contributed by atoms with van der Waals surface area (Å²) in [7, 11) is 1.79. The fraction of sp³-hybridized carbons (Fsp3) is 0.417. The number of carboxylic acids is 1. The predicted molar refractivity (Wildman–Crippen MR) is 66.1 cm³/mol. The van der Waals surface area contributed by atoms with E-state index >= 15 is 0 Å². The highest BCUT2D eigenvalue weighted by molar-refractivity contribution is 5.85. The first-order valence-corrected chi connectivity index (χ1v) is 5.65. The third-order valence-electron chi connectivity index (χ3n) is 2.47. The number of rotatable bonds is 6. The van der Waals surface area contributed by atoms with E-state index < -0.39 is 5.97 Å². The van der Waals surface area contributed by atoms with Gasteiger partial charge in [0, 0.05) is 25.2 Å². The number of carboxylic acid groups (broad SMARTS) is 1. The van der Waals surface area contributed by atoms with Crippen LogP contribution in [-0.2, 0) is 11.3 Å². The van der Waals surface area contributed by atoms with Crippen molar-refractivity contribution in [2.45, 2.75) is 13.5 Å². The molecule has 3 N–H and O–H groups in total. The van der Waals surface area contributed by atoms with Gasteiger partial charge in [-0.05, 0) is 18.7 Å². The summed E-state index contributed by atoms with van der Waals surface area (Å²) in [5, 5.41) is 14.4. The Labute approximate surface area is 105 Å². The molecule has 1 aromatic heterocycles. The third kappa shape index (κ3) is 4.14. The van der Waals surface area contributed by atoms with E-state index in [2.05, 4.69) is 15.6 Å². The molecule has 98 valence electrons. The molecule has 6 nitrogen and oxygen atoms in total. The molecule has 1 aromatic rings. The summed E-state index contributed by atoms with van der Waals surface area (Å²) < 4.78 is 0. The number of aromatic carboxylic acids is 1. The summed E-state index contributed by atoms with van der Waals surface area (Å²) >= 11 is 0. The second kappa shape index (κ2) is 6.70. The van der Waals surface area contributed by atoms with Crippen LogP contribution in [0.3, 0.4) is 0 Å². The van der Waals surface area contributed by atoms with E-state index in [-0.39, 0.29) is 17.5 Å². The minimum atomic E-state index is -1.06. The number of pyridine rings is 1. The number of nitrogens with one attached hydrogen (secondary N) is 2. The molecule has 0 aromatic carbocycles. The Morgan fingerprint density at radius 2 is 2.17 bits per heavy atom. The van der Waals surface area contributed by atoms with Gasteiger partial charge in [0.15, 0.2) is 0 Å². The molecule has 0 aliphatic rings. The van der Waals surface area contributed by atoms with Crippen LogP contribution in [0.15, 0.2) is 18.3 Å². The largest absolute Gasteiger partial charge is 0.477 e. The van der Waals surface area contributed by atoms with Crippen LogP contribution in [0, 0.1) is 5.92 Å². The van der Waals surface area contributed by atoms with E-state index in [0.717, 1.165) is 5.56 Å². The highest BCUT2D eigenvalue weighted by atomic mass is 16.4. The van der Waals surface area contributed by atoms with Gasteiger partial charge in [-0.3, -0.25) is 4.79 Å². The Morgan fingerprint density at radius 3 is 2.67 bits per heavy atom. The van der Waals surface area contributed by atoms with Crippen molar-refractivity contribution < 1.29 is 14.7 Å². The van der Waals surface area contributed by atoms with Crippen molar-refractivity contribution in [3.8, 4) is 0 Å². The van der Waals surface area contributed by atoms with Crippen molar-refractivity contribution in [3.63, 3.8) is 0 Å².